The Kier molecular flexibility index (Phi) is 11.7. The van der Waals surface area contributed by atoms with Crippen LogP contribution in [0.15, 0.2) is 65.7 Å². The van der Waals surface area contributed by atoms with Gasteiger partial charge in [0.15, 0.2) is 0 Å². The number of carbonyl (C=O) groups is 3. The molecule has 2 atom stereocenters. The molecule has 0 spiro atoms. The number of allylic oxidation sites excluding steroid dienone is 1. The van der Waals surface area contributed by atoms with Gasteiger partial charge in [-0.2, -0.15) is 11.8 Å². The lowest BCUT2D eigenvalue weighted by Gasteiger charge is -2.32. The molecule has 2 aromatic rings. The molecule has 1 saturated heterocycles. The van der Waals surface area contributed by atoms with E-state index in [2.05, 4.69) is 41.1 Å². The Morgan fingerprint density at radius 3 is 2.64 bits per heavy atom. The number of aromatic nitrogens is 1. The number of benzene rings is 1. The smallest absolute Gasteiger partial charge is 0.255 e. The monoisotopic (exact) mass is 566 g/mol. The van der Waals surface area contributed by atoms with Crippen LogP contribution in [0.25, 0.3) is 10.4 Å². The van der Waals surface area contributed by atoms with E-state index in [0.717, 1.165) is 30.5 Å². The number of rotatable bonds is 10. The van der Waals surface area contributed by atoms with Crippen molar-refractivity contribution < 1.29 is 14.4 Å². The summed E-state index contributed by atoms with van der Waals surface area (Å²) in [5.41, 5.74) is 7.01. The van der Waals surface area contributed by atoms with E-state index in [9.17, 15) is 14.4 Å². The molecule has 9 heteroatoms. The molecule has 2 amide bonds. The Morgan fingerprint density at radius 1 is 1.33 bits per heavy atom. The molecule has 0 saturated carbocycles. The minimum Gasteiger partial charge on any atom is -0.331 e. The number of nitrogens with one attached hydrogen (secondary N) is 1. The summed E-state index contributed by atoms with van der Waals surface area (Å²) in [6, 6.07) is 7.73. The summed E-state index contributed by atoms with van der Waals surface area (Å²) in [6.45, 7) is 9.57. The fraction of sp³-hybridized carbons (Fsp3) is 0.400. The number of aryl methyl sites for hydroxylation is 1. The van der Waals surface area contributed by atoms with Crippen LogP contribution in [0.4, 0.5) is 0 Å². The van der Waals surface area contributed by atoms with E-state index in [4.69, 9.17) is 0 Å². The Bertz CT molecular complexity index is 1220. The van der Waals surface area contributed by atoms with Crippen molar-refractivity contribution in [1.82, 2.24) is 20.1 Å². The molecule has 2 unspecified atom stereocenters. The average Bonchev–Trinajstić information content (AvgIpc) is 3.67. The van der Waals surface area contributed by atoms with Crippen LogP contribution >= 0.6 is 23.1 Å². The van der Waals surface area contributed by atoms with E-state index >= 15 is 0 Å². The van der Waals surface area contributed by atoms with Crippen molar-refractivity contribution in [2.24, 2.45) is 0 Å². The first-order chi connectivity index (χ1) is 18.9. The summed E-state index contributed by atoms with van der Waals surface area (Å²) in [4.78, 5) is 45.7. The molecule has 1 fully saturated rings. The minimum atomic E-state index is -0.550. The van der Waals surface area contributed by atoms with Gasteiger partial charge in [-0.3, -0.25) is 9.59 Å². The second-order valence-electron chi connectivity index (χ2n) is 9.42. The SMILES string of the molecule is C=CC1=C(/C=C\C)CN(C(CSC)C(=O)N2CCCC2C=O)C1=O.CNCc1ccc(-c2scnc2C)cc1. The van der Waals surface area contributed by atoms with Gasteiger partial charge in [-0.1, -0.05) is 49.1 Å². The molecule has 1 N–H and O–H groups in total. The summed E-state index contributed by atoms with van der Waals surface area (Å²) in [5, 5.41) is 3.14. The Morgan fingerprint density at radius 2 is 2.08 bits per heavy atom. The van der Waals surface area contributed by atoms with E-state index in [1.807, 2.05) is 44.8 Å². The number of carbonyl (C=O) groups excluding carboxylic acids is 3. The third-order valence-electron chi connectivity index (χ3n) is 6.82. The number of hydrogen-bond acceptors (Lipinski definition) is 7. The van der Waals surface area contributed by atoms with Gasteiger partial charge in [0.25, 0.3) is 5.91 Å². The molecule has 4 rings (SSSR count). The van der Waals surface area contributed by atoms with Crippen LogP contribution < -0.4 is 5.32 Å². The molecule has 2 aliphatic heterocycles. The number of thioether (sulfide) groups is 1. The summed E-state index contributed by atoms with van der Waals surface area (Å²) in [7, 11) is 1.96. The van der Waals surface area contributed by atoms with Crippen molar-refractivity contribution >= 4 is 41.2 Å². The summed E-state index contributed by atoms with van der Waals surface area (Å²) >= 11 is 3.22. The fourth-order valence-electron chi connectivity index (χ4n) is 4.85. The second-order valence-corrected chi connectivity index (χ2v) is 11.2. The number of aldehydes is 1. The Labute approximate surface area is 240 Å². The van der Waals surface area contributed by atoms with E-state index < -0.39 is 6.04 Å². The maximum Gasteiger partial charge on any atom is 0.255 e. The predicted octanol–water partition coefficient (Wildman–Crippen LogP) is 4.65. The normalized spacial score (nSPS) is 17.9. The van der Waals surface area contributed by atoms with Crippen molar-refractivity contribution in [3.05, 3.63) is 77.0 Å². The highest BCUT2D eigenvalue weighted by Gasteiger charge is 2.40. The maximum absolute atomic E-state index is 13.0. The molecule has 1 aromatic heterocycles. The lowest BCUT2D eigenvalue weighted by Crippen LogP contribution is -2.52. The Balaban J connectivity index is 0.000000239. The van der Waals surface area contributed by atoms with Crippen molar-refractivity contribution in [3.63, 3.8) is 0 Å². The quantitative estimate of drug-likeness (QED) is 0.422. The Hall–Kier alpha value is -3.01. The molecular weight excluding hydrogens is 528 g/mol. The zero-order valence-electron chi connectivity index (χ0n) is 23.2. The van der Waals surface area contributed by atoms with E-state index in [1.54, 1.807) is 27.2 Å². The number of amides is 2. The van der Waals surface area contributed by atoms with Gasteiger partial charge in [-0.15, -0.1) is 11.3 Å². The van der Waals surface area contributed by atoms with Crippen LogP contribution in [0.3, 0.4) is 0 Å². The molecular formula is C30H38N4O3S2. The van der Waals surface area contributed by atoms with E-state index in [0.29, 0.717) is 30.8 Å². The second kappa shape index (κ2) is 15.0. The van der Waals surface area contributed by atoms with Gasteiger partial charge < -0.3 is 19.9 Å². The van der Waals surface area contributed by atoms with Crippen LogP contribution in [0, 0.1) is 6.92 Å². The molecule has 0 aliphatic carbocycles. The number of likely N-dealkylation sites (tertiary alicyclic amines) is 1. The van der Waals surface area contributed by atoms with Gasteiger partial charge in [-0.25, -0.2) is 4.98 Å². The molecule has 39 heavy (non-hydrogen) atoms. The summed E-state index contributed by atoms with van der Waals surface area (Å²) < 4.78 is 0. The number of hydrogen-bond donors (Lipinski definition) is 1. The minimum absolute atomic E-state index is 0.127. The lowest BCUT2D eigenvalue weighted by atomic mass is 10.1. The van der Waals surface area contributed by atoms with Crippen molar-refractivity contribution in [2.75, 3.05) is 32.1 Å². The predicted molar refractivity (Wildman–Crippen MR) is 162 cm³/mol. The maximum atomic E-state index is 13.0. The van der Waals surface area contributed by atoms with E-state index in [1.165, 1.54) is 27.8 Å². The lowest BCUT2D eigenvalue weighted by molar-refractivity contribution is -0.143. The standard InChI is InChI=1S/C18H24N2O3S.C12H14N2S/c1-4-7-13-10-20(17(22)15(13)5-2)16(12-24-3)18(23)19-9-6-8-14(19)11-21;1-9-12(15-8-14-9)11-5-3-10(4-6-11)7-13-2/h4-5,7,11,14,16H,2,6,8-10,12H2,1,3H3;3-6,8,13H,7H2,1-2H3/b7-4-;. The molecule has 0 radical (unpaired) electrons. The number of thiazole rings is 1. The van der Waals surface area contributed by atoms with E-state index in [-0.39, 0.29) is 17.9 Å². The van der Waals surface area contributed by atoms with Crippen LogP contribution in [0.2, 0.25) is 0 Å². The summed E-state index contributed by atoms with van der Waals surface area (Å²) in [5.74, 6) is 0.227. The first kappa shape index (κ1) is 30.5. The van der Waals surface area contributed by atoms with Gasteiger partial charge in [0.2, 0.25) is 5.91 Å². The van der Waals surface area contributed by atoms with Crippen molar-refractivity contribution in [1.29, 1.82) is 0 Å². The van der Waals surface area contributed by atoms with Crippen LogP contribution in [-0.4, -0.2) is 77.1 Å². The molecule has 2 aliphatic rings. The van der Waals surface area contributed by atoms with Crippen molar-refractivity contribution in [3.8, 4) is 10.4 Å². The van der Waals surface area contributed by atoms with Crippen molar-refractivity contribution in [2.45, 2.75) is 45.3 Å². The van der Waals surface area contributed by atoms with Gasteiger partial charge in [0.1, 0.15) is 12.3 Å². The average molecular weight is 567 g/mol. The zero-order valence-corrected chi connectivity index (χ0v) is 24.8. The molecule has 7 nitrogen and oxygen atoms in total. The number of nitrogens with zero attached hydrogens (tertiary/aromatic N) is 3. The highest BCUT2D eigenvalue weighted by Crippen LogP contribution is 2.28. The van der Waals surface area contributed by atoms with Gasteiger partial charge in [0, 0.05) is 31.0 Å². The van der Waals surface area contributed by atoms with Gasteiger partial charge in [-0.05, 0) is 56.7 Å². The first-order valence-corrected chi connectivity index (χ1v) is 15.3. The van der Waals surface area contributed by atoms with Gasteiger partial charge >= 0.3 is 0 Å². The highest BCUT2D eigenvalue weighted by atomic mass is 32.2. The third-order valence-corrected chi connectivity index (χ3v) is 8.44. The van der Waals surface area contributed by atoms with Crippen LogP contribution in [-0.2, 0) is 20.9 Å². The largest absolute Gasteiger partial charge is 0.331 e. The molecule has 0 bridgehead atoms. The molecule has 1 aromatic carbocycles. The third kappa shape index (κ3) is 7.35. The van der Waals surface area contributed by atoms with Crippen LogP contribution in [0.5, 0.6) is 0 Å². The van der Waals surface area contributed by atoms with Crippen LogP contribution in [0.1, 0.15) is 31.0 Å². The highest BCUT2D eigenvalue weighted by molar-refractivity contribution is 7.98. The summed E-state index contributed by atoms with van der Waals surface area (Å²) in [6.07, 6.45) is 9.61. The molecule has 208 valence electrons. The fourth-order valence-corrected chi connectivity index (χ4v) is 6.30. The first-order valence-electron chi connectivity index (χ1n) is 13.1. The zero-order chi connectivity index (χ0) is 28.4. The molecule has 3 heterocycles. The topological polar surface area (TPSA) is 82.6 Å². The van der Waals surface area contributed by atoms with Gasteiger partial charge in [0.05, 0.1) is 22.1 Å².